The van der Waals surface area contributed by atoms with E-state index in [1.165, 1.54) is 22.4 Å². The van der Waals surface area contributed by atoms with E-state index < -0.39 is 0 Å². The van der Waals surface area contributed by atoms with Gasteiger partial charge in [0, 0.05) is 12.7 Å². The van der Waals surface area contributed by atoms with E-state index in [9.17, 15) is 0 Å². The lowest BCUT2D eigenvalue weighted by Gasteiger charge is -2.07. The van der Waals surface area contributed by atoms with Gasteiger partial charge in [0.2, 0.25) is 0 Å². The van der Waals surface area contributed by atoms with Crippen LogP contribution in [0.3, 0.4) is 0 Å². The first-order valence-electron chi connectivity index (χ1n) is 4.55. The van der Waals surface area contributed by atoms with Crippen molar-refractivity contribution >= 4 is 5.69 Å². The molecule has 13 heavy (non-hydrogen) atoms. The molecule has 0 aliphatic carbocycles. The Labute approximate surface area is 80.5 Å². The zero-order chi connectivity index (χ0) is 9.84. The highest BCUT2D eigenvalue weighted by Gasteiger charge is 1.98. The van der Waals surface area contributed by atoms with Crippen LogP contribution in [0.2, 0.25) is 0 Å². The molecular weight excluding hydrogens is 158 g/mol. The van der Waals surface area contributed by atoms with Crippen LogP contribution >= 0.6 is 0 Å². The summed E-state index contributed by atoms with van der Waals surface area (Å²) in [4.78, 5) is 0. The largest absolute Gasteiger partial charge is 0.388 e. The van der Waals surface area contributed by atoms with Crippen LogP contribution in [-0.4, -0.2) is 7.05 Å². The Morgan fingerprint density at radius 1 is 1.46 bits per heavy atom. The minimum Gasteiger partial charge on any atom is -0.388 e. The van der Waals surface area contributed by atoms with E-state index in [-0.39, 0.29) is 0 Å². The number of nitrogens with one attached hydrogen (secondary N) is 1. The van der Waals surface area contributed by atoms with Crippen LogP contribution in [-0.2, 0) is 6.42 Å². The molecule has 0 amide bonds. The summed E-state index contributed by atoms with van der Waals surface area (Å²) >= 11 is 0. The van der Waals surface area contributed by atoms with E-state index in [0.717, 1.165) is 6.42 Å². The van der Waals surface area contributed by atoms with Crippen molar-refractivity contribution in [2.45, 2.75) is 20.3 Å². The highest BCUT2D eigenvalue weighted by molar-refractivity contribution is 5.51. The lowest BCUT2D eigenvalue weighted by atomic mass is 10.0. The highest BCUT2D eigenvalue weighted by atomic mass is 14.8. The summed E-state index contributed by atoms with van der Waals surface area (Å²) in [5.74, 6) is 0. The second-order valence-electron chi connectivity index (χ2n) is 3.53. The molecule has 1 aromatic rings. The Kier molecular flexibility index (Phi) is 3.13. The van der Waals surface area contributed by atoms with Gasteiger partial charge in [0.1, 0.15) is 0 Å². The van der Waals surface area contributed by atoms with Crippen molar-refractivity contribution in [1.29, 1.82) is 0 Å². The molecule has 0 unspecified atom stereocenters. The van der Waals surface area contributed by atoms with Gasteiger partial charge in [-0.25, -0.2) is 0 Å². The van der Waals surface area contributed by atoms with E-state index in [4.69, 9.17) is 0 Å². The van der Waals surface area contributed by atoms with Crippen LogP contribution in [0.15, 0.2) is 30.4 Å². The zero-order valence-corrected chi connectivity index (χ0v) is 8.65. The lowest BCUT2D eigenvalue weighted by Crippen LogP contribution is -1.93. The molecule has 1 heteroatoms. The first kappa shape index (κ1) is 9.85. The SMILES string of the molecule is C=C(C)Cc1ccc(NC)c(C)c1. The molecule has 1 aromatic carbocycles. The second-order valence-corrected chi connectivity index (χ2v) is 3.53. The third-order valence-corrected chi connectivity index (χ3v) is 2.07. The standard InChI is InChI=1S/C12H17N/c1-9(2)7-11-5-6-12(13-4)10(3)8-11/h5-6,8,13H,1,7H2,2-4H3. The summed E-state index contributed by atoms with van der Waals surface area (Å²) in [6, 6.07) is 6.47. The number of hydrogen-bond donors (Lipinski definition) is 1. The normalized spacial score (nSPS) is 9.77. The summed E-state index contributed by atoms with van der Waals surface area (Å²) in [6.07, 6.45) is 0.977. The van der Waals surface area contributed by atoms with E-state index in [2.05, 4.69) is 43.9 Å². The third kappa shape index (κ3) is 2.62. The van der Waals surface area contributed by atoms with Crippen molar-refractivity contribution < 1.29 is 0 Å². The second kappa shape index (κ2) is 4.13. The minimum atomic E-state index is 0.977. The predicted octanol–water partition coefficient (Wildman–Crippen LogP) is 3.16. The van der Waals surface area contributed by atoms with Crippen molar-refractivity contribution in [2.24, 2.45) is 0 Å². The average molecular weight is 175 g/mol. The lowest BCUT2D eigenvalue weighted by molar-refractivity contribution is 1.15. The monoisotopic (exact) mass is 175 g/mol. The molecule has 70 valence electrons. The van der Waals surface area contributed by atoms with Crippen LogP contribution in [0.5, 0.6) is 0 Å². The molecule has 0 saturated carbocycles. The number of benzene rings is 1. The van der Waals surface area contributed by atoms with Crippen LogP contribution in [0.25, 0.3) is 0 Å². The summed E-state index contributed by atoms with van der Waals surface area (Å²) in [6.45, 7) is 8.08. The molecule has 0 fully saturated rings. The van der Waals surface area contributed by atoms with Gasteiger partial charge in [0.25, 0.3) is 0 Å². The van der Waals surface area contributed by atoms with E-state index in [1.807, 2.05) is 7.05 Å². The highest BCUT2D eigenvalue weighted by Crippen LogP contribution is 2.17. The van der Waals surface area contributed by atoms with Gasteiger partial charge in [0.15, 0.2) is 0 Å². The molecule has 0 aliphatic rings. The number of hydrogen-bond acceptors (Lipinski definition) is 1. The number of rotatable bonds is 3. The zero-order valence-electron chi connectivity index (χ0n) is 8.65. The van der Waals surface area contributed by atoms with Gasteiger partial charge in [-0.3, -0.25) is 0 Å². The quantitative estimate of drug-likeness (QED) is 0.696. The first-order chi connectivity index (χ1) is 6.13. The molecular formula is C12H17N. The van der Waals surface area contributed by atoms with Gasteiger partial charge in [0.05, 0.1) is 0 Å². The molecule has 0 radical (unpaired) electrons. The van der Waals surface area contributed by atoms with Gasteiger partial charge < -0.3 is 5.32 Å². The van der Waals surface area contributed by atoms with Crippen molar-refractivity contribution in [3.8, 4) is 0 Å². The van der Waals surface area contributed by atoms with Crippen LogP contribution in [0, 0.1) is 6.92 Å². The summed E-state index contributed by atoms with van der Waals surface area (Å²) in [5.41, 5.74) is 5.03. The number of anilines is 1. The Morgan fingerprint density at radius 2 is 2.15 bits per heavy atom. The fourth-order valence-electron chi connectivity index (χ4n) is 1.46. The topological polar surface area (TPSA) is 12.0 Å². The van der Waals surface area contributed by atoms with Crippen molar-refractivity contribution in [1.82, 2.24) is 0 Å². The van der Waals surface area contributed by atoms with Crippen LogP contribution in [0.4, 0.5) is 5.69 Å². The molecule has 0 spiro atoms. The Balaban J connectivity index is 2.89. The maximum Gasteiger partial charge on any atom is 0.0367 e. The molecule has 1 rings (SSSR count). The van der Waals surface area contributed by atoms with Crippen LogP contribution in [0.1, 0.15) is 18.1 Å². The van der Waals surface area contributed by atoms with Gasteiger partial charge in [-0.15, -0.1) is 0 Å². The van der Waals surface area contributed by atoms with E-state index in [1.54, 1.807) is 0 Å². The van der Waals surface area contributed by atoms with Gasteiger partial charge in [-0.05, 0) is 37.5 Å². The average Bonchev–Trinajstić information content (AvgIpc) is 2.03. The van der Waals surface area contributed by atoms with Crippen LogP contribution < -0.4 is 5.32 Å². The van der Waals surface area contributed by atoms with E-state index >= 15 is 0 Å². The van der Waals surface area contributed by atoms with Gasteiger partial charge >= 0.3 is 0 Å². The maximum absolute atomic E-state index is 3.91. The Morgan fingerprint density at radius 3 is 2.62 bits per heavy atom. The molecule has 0 heterocycles. The fraction of sp³-hybridized carbons (Fsp3) is 0.333. The van der Waals surface area contributed by atoms with Crippen molar-refractivity contribution in [2.75, 3.05) is 12.4 Å². The van der Waals surface area contributed by atoms with E-state index in [0.29, 0.717) is 0 Å². The molecule has 1 N–H and O–H groups in total. The summed E-state index contributed by atoms with van der Waals surface area (Å²) in [7, 11) is 1.95. The smallest absolute Gasteiger partial charge is 0.0367 e. The fourth-order valence-corrected chi connectivity index (χ4v) is 1.46. The predicted molar refractivity (Wildman–Crippen MR) is 59.2 cm³/mol. The van der Waals surface area contributed by atoms with Gasteiger partial charge in [-0.2, -0.15) is 0 Å². The van der Waals surface area contributed by atoms with Crippen molar-refractivity contribution in [3.63, 3.8) is 0 Å². The third-order valence-electron chi connectivity index (χ3n) is 2.07. The minimum absolute atomic E-state index is 0.977. The first-order valence-corrected chi connectivity index (χ1v) is 4.55. The molecule has 0 atom stereocenters. The molecule has 0 bridgehead atoms. The number of aryl methyl sites for hydroxylation is 1. The molecule has 0 saturated heterocycles. The summed E-state index contributed by atoms with van der Waals surface area (Å²) in [5, 5.41) is 3.15. The molecule has 0 aliphatic heterocycles. The molecule has 0 aromatic heterocycles. The maximum atomic E-state index is 3.91. The van der Waals surface area contributed by atoms with Gasteiger partial charge in [-0.1, -0.05) is 24.3 Å². The number of allylic oxidation sites excluding steroid dienone is 1. The molecule has 1 nitrogen and oxygen atoms in total. The van der Waals surface area contributed by atoms with Crippen molar-refractivity contribution in [3.05, 3.63) is 41.5 Å². The Bertz CT molecular complexity index is 313. The summed E-state index contributed by atoms with van der Waals surface area (Å²) < 4.78 is 0. The Hall–Kier alpha value is -1.24.